The molecule has 1 heterocycles. The molecule has 18 heavy (non-hydrogen) atoms. The van der Waals surface area contributed by atoms with Gasteiger partial charge in [0.1, 0.15) is 11.6 Å². The Bertz CT molecular complexity index is 544. The molecule has 0 radical (unpaired) electrons. The Kier molecular flexibility index (Phi) is 4.43. The molecule has 2 aromatic rings. The highest BCUT2D eigenvalue weighted by atomic mass is 79.9. The van der Waals surface area contributed by atoms with Gasteiger partial charge < -0.3 is 9.73 Å². The van der Waals surface area contributed by atoms with Gasteiger partial charge in [0.05, 0.1) is 16.8 Å². The van der Waals surface area contributed by atoms with Crippen LogP contribution in [0, 0.1) is 5.82 Å². The van der Waals surface area contributed by atoms with Crippen LogP contribution in [0.5, 0.6) is 0 Å². The van der Waals surface area contributed by atoms with Crippen LogP contribution < -0.4 is 5.32 Å². The average molecular weight is 333 g/mol. The minimum absolute atomic E-state index is 0.201. The van der Waals surface area contributed by atoms with E-state index in [0.29, 0.717) is 5.02 Å². The average Bonchev–Trinajstić information content (AvgIpc) is 2.73. The van der Waals surface area contributed by atoms with Gasteiger partial charge in [0.15, 0.2) is 0 Å². The van der Waals surface area contributed by atoms with Crippen molar-refractivity contribution in [1.82, 2.24) is 5.32 Å². The maximum absolute atomic E-state index is 13.1. The number of hydrogen-bond donors (Lipinski definition) is 1. The molecule has 2 nitrogen and oxygen atoms in total. The normalized spacial score (nSPS) is 12.7. The van der Waals surface area contributed by atoms with Crippen molar-refractivity contribution in [2.45, 2.75) is 13.0 Å². The van der Waals surface area contributed by atoms with E-state index in [1.165, 1.54) is 12.1 Å². The molecule has 0 aliphatic heterocycles. The van der Waals surface area contributed by atoms with Crippen LogP contribution in [0.25, 0.3) is 0 Å². The summed E-state index contributed by atoms with van der Waals surface area (Å²) >= 11 is 9.51. The molecule has 0 spiro atoms. The van der Waals surface area contributed by atoms with Crippen molar-refractivity contribution in [1.29, 1.82) is 0 Å². The molecule has 2 rings (SSSR count). The standard InChI is InChI=1S/C13H12BrClFNO/c1-2-17-12(13-10(14)5-6-18-13)9-4-3-8(16)7-11(9)15/h3-7,12,17H,2H2,1H3. The first kappa shape index (κ1) is 13.6. The van der Waals surface area contributed by atoms with Crippen LogP contribution in [0.4, 0.5) is 4.39 Å². The van der Waals surface area contributed by atoms with Gasteiger partial charge >= 0.3 is 0 Å². The van der Waals surface area contributed by atoms with Crippen molar-refractivity contribution >= 4 is 27.5 Å². The minimum atomic E-state index is -0.350. The largest absolute Gasteiger partial charge is 0.466 e. The number of halogens is 3. The molecule has 1 aromatic heterocycles. The molecule has 0 saturated heterocycles. The summed E-state index contributed by atoms with van der Waals surface area (Å²) in [5.41, 5.74) is 0.788. The number of hydrogen-bond acceptors (Lipinski definition) is 2. The van der Waals surface area contributed by atoms with E-state index in [1.54, 1.807) is 12.3 Å². The Morgan fingerprint density at radius 2 is 2.22 bits per heavy atom. The lowest BCUT2D eigenvalue weighted by Crippen LogP contribution is -2.22. The third kappa shape index (κ3) is 2.76. The van der Waals surface area contributed by atoms with E-state index in [4.69, 9.17) is 16.0 Å². The number of rotatable bonds is 4. The Hall–Kier alpha value is -0.840. The van der Waals surface area contributed by atoms with Crippen LogP contribution in [0.3, 0.4) is 0 Å². The lowest BCUT2D eigenvalue weighted by atomic mass is 10.0. The first-order valence-corrected chi connectivity index (χ1v) is 6.71. The van der Waals surface area contributed by atoms with Crippen LogP contribution >= 0.6 is 27.5 Å². The van der Waals surface area contributed by atoms with Gasteiger partial charge in [-0.2, -0.15) is 0 Å². The van der Waals surface area contributed by atoms with Crippen molar-refractivity contribution in [3.8, 4) is 0 Å². The third-order valence-corrected chi connectivity index (χ3v) is 3.57. The fourth-order valence-corrected chi connectivity index (χ4v) is 2.50. The predicted molar refractivity (Wildman–Crippen MR) is 73.3 cm³/mol. The first-order valence-electron chi connectivity index (χ1n) is 5.54. The highest BCUT2D eigenvalue weighted by Crippen LogP contribution is 2.33. The summed E-state index contributed by atoms with van der Waals surface area (Å²) < 4.78 is 19.4. The molecular formula is C13H12BrClFNO. The van der Waals surface area contributed by atoms with Crippen molar-refractivity contribution in [2.75, 3.05) is 6.54 Å². The summed E-state index contributed by atoms with van der Waals surface area (Å²) in [5.74, 6) is 0.378. The molecule has 0 bridgehead atoms. The second kappa shape index (κ2) is 5.87. The SMILES string of the molecule is CCNC(c1ccc(F)cc1Cl)c1occc1Br. The van der Waals surface area contributed by atoms with E-state index >= 15 is 0 Å². The minimum Gasteiger partial charge on any atom is -0.466 e. The van der Waals surface area contributed by atoms with Gasteiger partial charge in [-0.25, -0.2) is 4.39 Å². The molecule has 0 aliphatic carbocycles. The zero-order valence-corrected chi connectivity index (χ0v) is 12.1. The van der Waals surface area contributed by atoms with Gasteiger partial charge in [0.25, 0.3) is 0 Å². The molecule has 0 aliphatic rings. The zero-order chi connectivity index (χ0) is 13.1. The summed E-state index contributed by atoms with van der Waals surface area (Å²) in [7, 11) is 0. The fraction of sp³-hybridized carbons (Fsp3) is 0.231. The third-order valence-electron chi connectivity index (χ3n) is 2.59. The van der Waals surface area contributed by atoms with Crippen LogP contribution in [0.2, 0.25) is 5.02 Å². The molecule has 0 fully saturated rings. The smallest absolute Gasteiger partial charge is 0.139 e. The van der Waals surface area contributed by atoms with Crippen LogP contribution in [-0.4, -0.2) is 6.54 Å². The van der Waals surface area contributed by atoms with Gasteiger partial charge in [-0.05, 0) is 46.2 Å². The Balaban J connectivity index is 2.45. The van der Waals surface area contributed by atoms with Crippen LogP contribution in [0.1, 0.15) is 24.3 Å². The van der Waals surface area contributed by atoms with Gasteiger partial charge in [0.2, 0.25) is 0 Å². The topological polar surface area (TPSA) is 25.2 Å². The van der Waals surface area contributed by atoms with E-state index < -0.39 is 0 Å². The van der Waals surface area contributed by atoms with Gasteiger partial charge in [-0.15, -0.1) is 0 Å². The number of furan rings is 1. The molecule has 96 valence electrons. The highest BCUT2D eigenvalue weighted by Gasteiger charge is 2.21. The fourth-order valence-electron chi connectivity index (χ4n) is 1.80. The lowest BCUT2D eigenvalue weighted by Gasteiger charge is -2.18. The first-order chi connectivity index (χ1) is 8.63. The zero-order valence-electron chi connectivity index (χ0n) is 9.71. The van der Waals surface area contributed by atoms with Gasteiger partial charge in [-0.1, -0.05) is 24.6 Å². The monoisotopic (exact) mass is 331 g/mol. The maximum atomic E-state index is 13.1. The maximum Gasteiger partial charge on any atom is 0.139 e. The van der Waals surface area contributed by atoms with E-state index in [9.17, 15) is 4.39 Å². The number of benzene rings is 1. The predicted octanol–water partition coefficient (Wildman–Crippen LogP) is 4.53. The van der Waals surface area contributed by atoms with Crippen molar-refractivity contribution in [3.05, 3.63) is 57.2 Å². The molecule has 1 atom stereocenters. The molecular weight excluding hydrogens is 321 g/mol. The Morgan fingerprint density at radius 1 is 1.44 bits per heavy atom. The van der Waals surface area contributed by atoms with E-state index in [0.717, 1.165) is 22.3 Å². The van der Waals surface area contributed by atoms with E-state index in [2.05, 4.69) is 21.2 Å². The molecule has 1 N–H and O–H groups in total. The van der Waals surface area contributed by atoms with Crippen LogP contribution in [-0.2, 0) is 0 Å². The second-order valence-electron chi connectivity index (χ2n) is 3.79. The molecule has 0 saturated carbocycles. The van der Waals surface area contributed by atoms with Gasteiger partial charge in [0, 0.05) is 5.02 Å². The van der Waals surface area contributed by atoms with Crippen LogP contribution in [0.15, 0.2) is 39.4 Å². The highest BCUT2D eigenvalue weighted by molar-refractivity contribution is 9.10. The van der Waals surface area contributed by atoms with Crippen molar-refractivity contribution in [3.63, 3.8) is 0 Å². The van der Waals surface area contributed by atoms with Crippen molar-refractivity contribution in [2.24, 2.45) is 0 Å². The van der Waals surface area contributed by atoms with Crippen molar-refractivity contribution < 1.29 is 8.81 Å². The van der Waals surface area contributed by atoms with E-state index in [1.807, 2.05) is 13.0 Å². The second-order valence-corrected chi connectivity index (χ2v) is 5.05. The van der Waals surface area contributed by atoms with Gasteiger partial charge in [-0.3, -0.25) is 0 Å². The molecule has 5 heteroatoms. The summed E-state index contributed by atoms with van der Waals surface area (Å²) in [6, 6.07) is 5.98. The summed E-state index contributed by atoms with van der Waals surface area (Å²) in [6.45, 7) is 2.73. The molecule has 0 amide bonds. The van der Waals surface area contributed by atoms with E-state index in [-0.39, 0.29) is 11.9 Å². The quantitative estimate of drug-likeness (QED) is 0.889. The summed E-state index contributed by atoms with van der Waals surface area (Å²) in [6.07, 6.45) is 1.60. The summed E-state index contributed by atoms with van der Waals surface area (Å²) in [5, 5.41) is 3.65. The molecule has 1 unspecified atom stereocenters. The number of nitrogens with one attached hydrogen (secondary N) is 1. The lowest BCUT2D eigenvalue weighted by molar-refractivity contribution is 0.449. The Morgan fingerprint density at radius 3 is 2.78 bits per heavy atom. The Labute approximate surface area is 118 Å². The molecule has 1 aromatic carbocycles. The summed E-state index contributed by atoms with van der Waals surface area (Å²) in [4.78, 5) is 0.